The summed E-state index contributed by atoms with van der Waals surface area (Å²) in [5.41, 5.74) is 3.48. The van der Waals surface area contributed by atoms with E-state index in [4.69, 9.17) is 14.2 Å². The second-order valence-corrected chi connectivity index (χ2v) is 9.39. The van der Waals surface area contributed by atoms with Crippen LogP contribution >= 0.6 is 0 Å². The number of hydrogen-bond donors (Lipinski definition) is 0. The first-order chi connectivity index (χ1) is 19.8. The molecule has 6 aromatic rings. The van der Waals surface area contributed by atoms with Crippen molar-refractivity contribution in [3.05, 3.63) is 180 Å². The zero-order chi connectivity index (χ0) is 27.0. The van der Waals surface area contributed by atoms with Gasteiger partial charge in [-0.2, -0.15) is 0 Å². The number of hydrogen-bond acceptors (Lipinski definition) is 3. The average molecular weight is 521 g/mol. The maximum atomic E-state index is 6.04. The summed E-state index contributed by atoms with van der Waals surface area (Å²) in [6, 6.07) is 54.4. The van der Waals surface area contributed by atoms with E-state index >= 15 is 0 Å². The first kappa shape index (κ1) is 25.0. The molecule has 0 saturated carbocycles. The molecule has 0 bridgehead atoms. The van der Waals surface area contributed by atoms with E-state index in [-0.39, 0.29) is 5.92 Å². The summed E-state index contributed by atoms with van der Waals surface area (Å²) in [5, 5.41) is 0. The van der Waals surface area contributed by atoms with Crippen LogP contribution in [0.4, 0.5) is 0 Å². The summed E-state index contributed by atoms with van der Waals surface area (Å²) in [5.74, 6) is 4.85. The molecule has 0 aliphatic carbocycles. The molecule has 0 fully saturated rings. The van der Waals surface area contributed by atoms with Crippen LogP contribution in [0.1, 0.15) is 22.6 Å². The summed E-state index contributed by atoms with van der Waals surface area (Å²) >= 11 is 0. The predicted octanol–water partition coefficient (Wildman–Crippen LogP) is 10.2. The second-order valence-electron chi connectivity index (χ2n) is 9.39. The van der Waals surface area contributed by atoms with E-state index in [0.29, 0.717) is 0 Å². The van der Waals surface area contributed by atoms with Crippen LogP contribution in [-0.2, 0) is 0 Å². The van der Waals surface area contributed by atoms with Crippen LogP contribution in [0.5, 0.6) is 34.5 Å². The Bertz CT molecular complexity index is 1410. The van der Waals surface area contributed by atoms with Crippen molar-refractivity contribution in [2.75, 3.05) is 0 Å². The average Bonchev–Trinajstić information content (AvgIpc) is 3.01. The van der Waals surface area contributed by atoms with Gasteiger partial charge in [0.1, 0.15) is 34.5 Å². The SMILES string of the molecule is c1ccc(Oc2ccc(C(c3ccc(Oc4ccccc4)cc3)c3ccc(Oc4ccccc4)cc3)cc2)cc1. The Labute approximate surface area is 234 Å². The Kier molecular flexibility index (Phi) is 7.54. The van der Waals surface area contributed by atoms with Gasteiger partial charge in [-0.25, -0.2) is 0 Å². The van der Waals surface area contributed by atoms with Crippen LogP contribution in [0.3, 0.4) is 0 Å². The number of rotatable bonds is 9. The molecule has 0 amide bonds. The third-order valence-corrected chi connectivity index (χ3v) is 6.58. The Morgan fingerprint density at radius 3 is 0.725 bits per heavy atom. The van der Waals surface area contributed by atoms with Gasteiger partial charge in [-0.3, -0.25) is 0 Å². The lowest BCUT2D eigenvalue weighted by Crippen LogP contribution is -2.03. The Morgan fingerprint density at radius 2 is 0.475 bits per heavy atom. The normalized spacial score (nSPS) is 10.7. The van der Waals surface area contributed by atoms with E-state index < -0.39 is 0 Å². The molecule has 0 radical (unpaired) electrons. The van der Waals surface area contributed by atoms with Crippen molar-refractivity contribution in [1.29, 1.82) is 0 Å². The van der Waals surface area contributed by atoms with Crippen molar-refractivity contribution in [3.8, 4) is 34.5 Å². The third kappa shape index (κ3) is 6.23. The van der Waals surface area contributed by atoms with Crippen LogP contribution < -0.4 is 14.2 Å². The summed E-state index contributed by atoms with van der Waals surface area (Å²) < 4.78 is 18.1. The fourth-order valence-corrected chi connectivity index (χ4v) is 4.64. The highest BCUT2D eigenvalue weighted by Crippen LogP contribution is 2.36. The topological polar surface area (TPSA) is 27.7 Å². The van der Waals surface area contributed by atoms with E-state index in [9.17, 15) is 0 Å². The first-order valence-electron chi connectivity index (χ1n) is 13.3. The molecule has 0 atom stereocenters. The van der Waals surface area contributed by atoms with Crippen molar-refractivity contribution >= 4 is 0 Å². The molecule has 0 aromatic heterocycles. The minimum atomic E-state index is 0.0160. The Morgan fingerprint density at radius 1 is 0.250 bits per heavy atom. The van der Waals surface area contributed by atoms with Crippen molar-refractivity contribution in [3.63, 3.8) is 0 Å². The summed E-state index contributed by atoms with van der Waals surface area (Å²) in [6.45, 7) is 0. The van der Waals surface area contributed by atoms with Crippen molar-refractivity contribution < 1.29 is 14.2 Å². The smallest absolute Gasteiger partial charge is 0.127 e. The highest BCUT2D eigenvalue weighted by atomic mass is 16.5. The quantitative estimate of drug-likeness (QED) is 0.178. The molecule has 6 rings (SSSR count). The summed E-state index contributed by atoms with van der Waals surface area (Å²) in [7, 11) is 0. The molecular weight excluding hydrogens is 492 g/mol. The van der Waals surface area contributed by atoms with Gasteiger partial charge in [0, 0.05) is 5.92 Å². The van der Waals surface area contributed by atoms with E-state index in [1.165, 1.54) is 0 Å². The molecule has 3 nitrogen and oxygen atoms in total. The van der Waals surface area contributed by atoms with Gasteiger partial charge in [0.05, 0.1) is 0 Å². The molecule has 0 aliphatic rings. The molecule has 0 spiro atoms. The fourth-order valence-electron chi connectivity index (χ4n) is 4.64. The van der Waals surface area contributed by atoms with Crippen molar-refractivity contribution in [1.82, 2.24) is 0 Å². The fraction of sp³-hybridized carbons (Fsp3) is 0.0270. The highest BCUT2D eigenvalue weighted by Gasteiger charge is 2.18. The monoisotopic (exact) mass is 520 g/mol. The van der Waals surface area contributed by atoms with E-state index in [0.717, 1.165) is 51.2 Å². The second kappa shape index (κ2) is 12.1. The molecule has 6 aromatic carbocycles. The van der Waals surface area contributed by atoms with Gasteiger partial charge >= 0.3 is 0 Å². The third-order valence-electron chi connectivity index (χ3n) is 6.58. The Hall–Kier alpha value is -5.28. The molecule has 3 heteroatoms. The maximum Gasteiger partial charge on any atom is 0.127 e. The minimum Gasteiger partial charge on any atom is -0.457 e. The van der Waals surface area contributed by atoms with E-state index in [1.807, 2.05) is 127 Å². The van der Waals surface area contributed by atoms with Crippen LogP contribution in [0.2, 0.25) is 0 Å². The van der Waals surface area contributed by atoms with Crippen molar-refractivity contribution in [2.24, 2.45) is 0 Å². The lowest BCUT2D eigenvalue weighted by atomic mass is 9.85. The van der Waals surface area contributed by atoms with E-state index in [1.54, 1.807) is 0 Å². The van der Waals surface area contributed by atoms with Gasteiger partial charge < -0.3 is 14.2 Å². The van der Waals surface area contributed by atoms with Gasteiger partial charge in [-0.05, 0) is 89.5 Å². The van der Waals surface area contributed by atoms with Gasteiger partial charge in [0.15, 0.2) is 0 Å². The lowest BCUT2D eigenvalue weighted by molar-refractivity contribution is 0.482. The van der Waals surface area contributed by atoms with Gasteiger partial charge in [0.2, 0.25) is 0 Å². The molecule has 0 saturated heterocycles. The highest BCUT2D eigenvalue weighted by molar-refractivity contribution is 5.48. The maximum absolute atomic E-state index is 6.04. The first-order valence-corrected chi connectivity index (χ1v) is 13.3. The van der Waals surface area contributed by atoms with Gasteiger partial charge in [0.25, 0.3) is 0 Å². The van der Waals surface area contributed by atoms with Gasteiger partial charge in [-0.15, -0.1) is 0 Å². The van der Waals surface area contributed by atoms with Crippen molar-refractivity contribution in [2.45, 2.75) is 5.92 Å². The minimum absolute atomic E-state index is 0.0160. The number of para-hydroxylation sites is 3. The van der Waals surface area contributed by atoms with Crippen LogP contribution in [0, 0.1) is 0 Å². The molecule has 0 unspecified atom stereocenters. The largest absolute Gasteiger partial charge is 0.457 e. The summed E-state index contributed by atoms with van der Waals surface area (Å²) in [4.78, 5) is 0. The van der Waals surface area contributed by atoms with E-state index in [2.05, 4.69) is 36.4 Å². The molecular formula is C37H28O3. The number of ether oxygens (including phenoxy) is 3. The summed E-state index contributed by atoms with van der Waals surface area (Å²) in [6.07, 6.45) is 0. The van der Waals surface area contributed by atoms with Gasteiger partial charge in [-0.1, -0.05) is 91.0 Å². The molecule has 194 valence electrons. The molecule has 40 heavy (non-hydrogen) atoms. The zero-order valence-corrected chi connectivity index (χ0v) is 21.9. The predicted molar refractivity (Wildman–Crippen MR) is 160 cm³/mol. The van der Waals surface area contributed by atoms with Crippen LogP contribution in [0.15, 0.2) is 164 Å². The number of benzene rings is 6. The standard InChI is InChI=1S/C37H28O3/c1-4-10-31(11-5-1)38-34-22-16-28(17-23-34)37(29-18-24-35(25-19-29)39-32-12-6-2-7-13-32)30-20-26-36(27-21-30)40-33-14-8-3-9-15-33/h1-27,37H. The lowest BCUT2D eigenvalue weighted by Gasteiger charge is -2.20. The Balaban J connectivity index is 1.28. The van der Waals surface area contributed by atoms with Crippen LogP contribution in [0.25, 0.3) is 0 Å². The van der Waals surface area contributed by atoms with Crippen LogP contribution in [-0.4, -0.2) is 0 Å². The molecule has 0 N–H and O–H groups in total. The molecule has 0 aliphatic heterocycles. The molecule has 0 heterocycles. The zero-order valence-electron chi connectivity index (χ0n) is 21.9.